The molecule has 19 heteroatoms. The number of halogens is 8. The van der Waals surface area contributed by atoms with Gasteiger partial charge >= 0.3 is 23.9 Å². The van der Waals surface area contributed by atoms with Gasteiger partial charge in [-0.1, -0.05) is 35.3 Å². The van der Waals surface area contributed by atoms with Crippen molar-refractivity contribution in [1.82, 2.24) is 34.4 Å². The van der Waals surface area contributed by atoms with Gasteiger partial charge in [0, 0.05) is 10.6 Å². The molecule has 2 aromatic carbocycles. The van der Waals surface area contributed by atoms with E-state index in [0.717, 1.165) is 4.68 Å². The number of nitrogens with zero attached hydrogens (tertiary/aromatic N) is 6. The summed E-state index contributed by atoms with van der Waals surface area (Å²) in [4.78, 5) is 28.9. The number of benzene rings is 2. The van der Waals surface area contributed by atoms with Crippen molar-refractivity contribution in [1.29, 1.82) is 0 Å². The van der Waals surface area contributed by atoms with E-state index in [-0.39, 0.29) is 32.9 Å². The molecule has 2 aromatic heterocycles. The summed E-state index contributed by atoms with van der Waals surface area (Å²) in [6.45, 7) is -2.91. The molecule has 4 rings (SSSR count). The lowest BCUT2D eigenvalue weighted by Gasteiger charge is -2.18. The average Bonchev–Trinajstić information content (AvgIpc) is 3.48. The second kappa shape index (κ2) is 12.4. The summed E-state index contributed by atoms with van der Waals surface area (Å²) in [7, 11) is 0. The van der Waals surface area contributed by atoms with E-state index < -0.39 is 61.6 Å². The first-order chi connectivity index (χ1) is 20.1. The van der Waals surface area contributed by atoms with Crippen molar-refractivity contribution in [3.05, 3.63) is 80.7 Å². The van der Waals surface area contributed by atoms with E-state index in [2.05, 4.69) is 15.2 Å². The fourth-order valence-electron chi connectivity index (χ4n) is 3.83. The predicted molar refractivity (Wildman–Crippen MR) is 138 cm³/mol. The number of amides is 1. The lowest BCUT2D eigenvalue weighted by atomic mass is 10.2. The average molecular weight is 654 g/mol. The summed E-state index contributed by atoms with van der Waals surface area (Å²) in [6.07, 6.45) is -13.3. The van der Waals surface area contributed by atoms with Crippen LogP contribution in [-0.4, -0.2) is 70.3 Å². The van der Waals surface area contributed by atoms with E-state index in [4.69, 9.17) is 23.2 Å². The molecular formula is C24H19Cl2F6N7O4. The summed E-state index contributed by atoms with van der Waals surface area (Å²) in [5, 5.41) is 29.7. The number of aromatic nitrogens is 6. The van der Waals surface area contributed by atoms with Crippen LogP contribution in [0.5, 0.6) is 0 Å². The Morgan fingerprint density at radius 3 is 2.23 bits per heavy atom. The molecule has 3 N–H and O–H groups in total. The summed E-state index contributed by atoms with van der Waals surface area (Å²) in [6, 6.07) is 9.66. The number of hydrogen-bond donors (Lipinski definition) is 3. The highest BCUT2D eigenvalue weighted by atomic mass is 35.5. The molecule has 2 heterocycles. The number of aliphatic hydroxyl groups is 2. The fraction of sp³-hybridized carbons (Fsp3) is 0.292. The summed E-state index contributed by atoms with van der Waals surface area (Å²) >= 11 is 12.1. The number of alkyl halides is 6. The number of hydrogen-bond acceptors (Lipinski definition) is 7. The molecule has 0 bridgehead atoms. The van der Waals surface area contributed by atoms with E-state index in [9.17, 15) is 46.1 Å². The SMILES string of the molecule is O=C(NC(CO)c1nc(Cn2nc(-c3ccc(Cl)cc3)n(C[C@H](O)C(F)(F)F)c2=O)nn1-c1ccccc1Cl)C(F)(F)F. The van der Waals surface area contributed by atoms with Crippen LogP contribution in [0.25, 0.3) is 17.1 Å². The molecule has 0 radical (unpaired) electrons. The second-order valence-corrected chi connectivity index (χ2v) is 9.74. The molecule has 0 spiro atoms. The van der Waals surface area contributed by atoms with Crippen LogP contribution in [0, 0.1) is 0 Å². The summed E-state index contributed by atoms with van der Waals surface area (Å²) in [5.41, 5.74) is -0.876. The number of aliphatic hydroxyl groups excluding tert-OH is 2. The van der Waals surface area contributed by atoms with Crippen molar-refractivity contribution < 1.29 is 41.4 Å². The molecule has 4 aromatic rings. The summed E-state index contributed by atoms with van der Waals surface area (Å²) < 4.78 is 80.5. The minimum Gasteiger partial charge on any atom is -0.394 e. The first-order valence-corrected chi connectivity index (χ1v) is 12.7. The Hall–Kier alpha value is -3.93. The zero-order valence-electron chi connectivity index (χ0n) is 21.3. The van der Waals surface area contributed by atoms with E-state index in [1.54, 1.807) is 5.32 Å². The largest absolute Gasteiger partial charge is 0.471 e. The maximum absolute atomic E-state index is 13.2. The second-order valence-electron chi connectivity index (χ2n) is 8.89. The Balaban J connectivity index is 1.81. The van der Waals surface area contributed by atoms with Crippen LogP contribution >= 0.6 is 23.2 Å². The smallest absolute Gasteiger partial charge is 0.394 e. The molecule has 43 heavy (non-hydrogen) atoms. The Morgan fingerprint density at radius 1 is 1.00 bits per heavy atom. The normalized spacial score (nSPS) is 13.6. The van der Waals surface area contributed by atoms with Gasteiger partial charge in [-0.25, -0.2) is 19.1 Å². The Morgan fingerprint density at radius 2 is 1.65 bits per heavy atom. The van der Waals surface area contributed by atoms with Gasteiger partial charge in [0.1, 0.15) is 12.6 Å². The molecular weight excluding hydrogens is 635 g/mol. The van der Waals surface area contributed by atoms with Crippen molar-refractivity contribution >= 4 is 29.1 Å². The number of nitrogens with one attached hydrogen (secondary N) is 1. The van der Waals surface area contributed by atoms with Crippen LogP contribution in [0.1, 0.15) is 17.7 Å². The van der Waals surface area contributed by atoms with Gasteiger partial charge in [-0.3, -0.25) is 9.36 Å². The standard InChI is InChI=1S/C24H19Cl2F6N7O4/c25-13-7-5-12(6-8-13)19-36-38(22(43)37(19)9-17(41)23(27,28)29)10-18-34-20(15(11-40)33-21(42)24(30,31)32)39(35-18)16-4-2-1-3-14(16)26/h1-8,15,17,40-41H,9-11H2,(H,33,42)/t15?,17-/m0/s1. The maximum atomic E-state index is 13.2. The molecule has 230 valence electrons. The van der Waals surface area contributed by atoms with Gasteiger partial charge < -0.3 is 15.5 Å². The lowest BCUT2D eigenvalue weighted by Crippen LogP contribution is -2.41. The first kappa shape index (κ1) is 32.0. The Kier molecular flexibility index (Phi) is 9.19. The number of para-hydroxylation sites is 1. The van der Waals surface area contributed by atoms with E-state index in [1.807, 2.05) is 0 Å². The highest BCUT2D eigenvalue weighted by molar-refractivity contribution is 6.32. The number of rotatable bonds is 9. The molecule has 0 aliphatic rings. The van der Waals surface area contributed by atoms with Gasteiger partial charge in [0.15, 0.2) is 23.6 Å². The monoisotopic (exact) mass is 653 g/mol. The van der Waals surface area contributed by atoms with Crippen LogP contribution in [0.2, 0.25) is 10.0 Å². The van der Waals surface area contributed by atoms with Gasteiger partial charge in [-0.05, 0) is 36.4 Å². The highest BCUT2D eigenvalue weighted by Crippen LogP contribution is 2.26. The molecule has 0 fully saturated rings. The van der Waals surface area contributed by atoms with Gasteiger partial charge in [-0.2, -0.15) is 26.3 Å². The molecule has 0 aliphatic heterocycles. The van der Waals surface area contributed by atoms with Crippen molar-refractivity contribution in [2.45, 2.75) is 37.6 Å². The topological polar surface area (TPSA) is 140 Å². The molecule has 0 aliphatic carbocycles. The third kappa shape index (κ3) is 7.18. The van der Waals surface area contributed by atoms with Crippen molar-refractivity contribution in [3.63, 3.8) is 0 Å². The lowest BCUT2D eigenvalue weighted by molar-refractivity contribution is -0.207. The van der Waals surface area contributed by atoms with E-state index in [1.165, 1.54) is 48.5 Å². The Labute approximate surface area is 246 Å². The molecule has 2 atom stereocenters. The molecule has 1 unspecified atom stereocenters. The van der Waals surface area contributed by atoms with E-state index >= 15 is 0 Å². The minimum atomic E-state index is -5.30. The van der Waals surface area contributed by atoms with Crippen LogP contribution in [0.3, 0.4) is 0 Å². The van der Waals surface area contributed by atoms with Crippen molar-refractivity contribution in [2.75, 3.05) is 6.61 Å². The number of carbonyl (C=O) groups excluding carboxylic acids is 1. The summed E-state index contributed by atoms with van der Waals surface area (Å²) in [5.74, 6) is -3.38. The van der Waals surface area contributed by atoms with Gasteiger partial charge in [-0.15, -0.1) is 10.2 Å². The Bertz CT molecular complexity index is 1670. The molecule has 11 nitrogen and oxygen atoms in total. The van der Waals surface area contributed by atoms with Crippen LogP contribution in [-0.2, 0) is 17.9 Å². The van der Waals surface area contributed by atoms with Crippen LogP contribution in [0.4, 0.5) is 26.3 Å². The molecule has 1 amide bonds. The molecule has 0 saturated carbocycles. The van der Waals surface area contributed by atoms with Gasteiger partial charge in [0.2, 0.25) is 0 Å². The van der Waals surface area contributed by atoms with Crippen molar-refractivity contribution in [3.8, 4) is 17.1 Å². The fourth-order valence-corrected chi connectivity index (χ4v) is 4.17. The third-order valence-corrected chi connectivity index (χ3v) is 6.44. The minimum absolute atomic E-state index is 0.0478. The van der Waals surface area contributed by atoms with Gasteiger partial charge in [0.05, 0.1) is 23.9 Å². The van der Waals surface area contributed by atoms with Gasteiger partial charge in [0.25, 0.3) is 0 Å². The first-order valence-electron chi connectivity index (χ1n) is 12.0. The zero-order chi connectivity index (χ0) is 31.7. The number of carbonyl (C=O) groups is 1. The highest BCUT2D eigenvalue weighted by Gasteiger charge is 2.41. The maximum Gasteiger partial charge on any atom is 0.471 e. The van der Waals surface area contributed by atoms with Crippen molar-refractivity contribution in [2.24, 2.45) is 0 Å². The quantitative estimate of drug-likeness (QED) is 0.236. The van der Waals surface area contributed by atoms with Crippen LogP contribution in [0.15, 0.2) is 53.3 Å². The van der Waals surface area contributed by atoms with Crippen LogP contribution < -0.4 is 11.0 Å². The molecule has 0 saturated heterocycles. The predicted octanol–water partition coefficient (Wildman–Crippen LogP) is 3.28. The zero-order valence-corrected chi connectivity index (χ0v) is 22.8. The third-order valence-electron chi connectivity index (χ3n) is 5.86. The van der Waals surface area contributed by atoms with E-state index in [0.29, 0.717) is 9.25 Å².